The zero-order valence-corrected chi connectivity index (χ0v) is 16.8. The van der Waals surface area contributed by atoms with Crippen molar-refractivity contribution in [1.82, 2.24) is 4.98 Å². The zero-order chi connectivity index (χ0) is 20.8. The van der Waals surface area contributed by atoms with Gasteiger partial charge in [-0.15, -0.1) is 0 Å². The van der Waals surface area contributed by atoms with E-state index in [1.807, 2.05) is 24.3 Å². The van der Waals surface area contributed by atoms with Crippen molar-refractivity contribution in [2.45, 2.75) is 39.7 Å². The fourth-order valence-electron chi connectivity index (χ4n) is 2.96. The van der Waals surface area contributed by atoms with E-state index in [-0.39, 0.29) is 12.1 Å². The second-order valence-electron chi connectivity index (χ2n) is 6.46. The molecule has 150 valence electrons. The number of hydrogen-bond donors (Lipinski definition) is 1. The highest BCUT2D eigenvalue weighted by molar-refractivity contribution is 6.03. The number of ether oxygens (including phenoxy) is 3. The Morgan fingerprint density at radius 2 is 1.71 bits per heavy atom. The monoisotopic (exact) mass is 387 g/mol. The normalized spacial score (nSPS) is 11.6. The van der Waals surface area contributed by atoms with Crippen molar-refractivity contribution in [2.24, 2.45) is 0 Å². The van der Waals surface area contributed by atoms with Crippen molar-refractivity contribution in [3.8, 4) is 5.75 Å². The molecule has 1 heterocycles. The van der Waals surface area contributed by atoms with Crippen molar-refractivity contribution >= 4 is 17.7 Å². The molecule has 0 bridgehead atoms. The molecule has 1 N–H and O–H groups in total. The van der Waals surface area contributed by atoms with E-state index in [2.05, 4.69) is 4.98 Å². The molecule has 1 aromatic carbocycles. The highest BCUT2D eigenvalue weighted by Crippen LogP contribution is 2.21. The number of ketones is 1. The predicted molar refractivity (Wildman–Crippen MR) is 103 cm³/mol. The second kappa shape index (κ2) is 9.21. The molecule has 2 aromatic rings. The van der Waals surface area contributed by atoms with Gasteiger partial charge in [0.05, 0.1) is 25.5 Å². The number of esters is 2. The van der Waals surface area contributed by atoms with Crippen molar-refractivity contribution < 1.29 is 28.6 Å². The lowest BCUT2D eigenvalue weighted by atomic mass is 10.1. The second-order valence-corrected chi connectivity index (χ2v) is 6.46. The third-order valence-electron chi connectivity index (χ3n) is 4.53. The fraction of sp³-hybridized carbons (Fsp3) is 0.381. The minimum absolute atomic E-state index is 0.153. The maximum Gasteiger partial charge on any atom is 0.339 e. The molecule has 0 aliphatic carbocycles. The van der Waals surface area contributed by atoms with Crippen LogP contribution in [0.25, 0.3) is 0 Å². The number of rotatable bonds is 8. The largest absolute Gasteiger partial charge is 0.497 e. The lowest BCUT2D eigenvalue weighted by molar-refractivity contribution is -0.146. The van der Waals surface area contributed by atoms with Crippen molar-refractivity contribution in [3.63, 3.8) is 0 Å². The number of H-pyrrole nitrogens is 1. The summed E-state index contributed by atoms with van der Waals surface area (Å²) in [5.74, 6) is -0.637. The van der Waals surface area contributed by atoms with Crippen LogP contribution in [0.5, 0.6) is 5.75 Å². The average molecular weight is 387 g/mol. The van der Waals surface area contributed by atoms with Crippen molar-refractivity contribution in [1.29, 1.82) is 0 Å². The van der Waals surface area contributed by atoms with Crippen LogP contribution in [0.3, 0.4) is 0 Å². The first-order valence-electron chi connectivity index (χ1n) is 8.92. The lowest BCUT2D eigenvalue weighted by Crippen LogP contribution is -2.25. The van der Waals surface area contributed by atoms with Gasteiger partial charge in [0.25, 0.3) is 0 Å². The van der Waals surface area contributed by atoms with E-state index in [1.54, 1.807) is 21.0 Å². The maximum absolute atomic E-state index is 12.6. The standard InChI is InChI=1S/C21H25NO6/c1-12-18(21(25)27-5)13(2)22-19(12)20(24)14(3)28-17(23)11-8-15-6-9-16(26-4)10-7-15/h6-7,9-10,14,22H,8,11H2,1-5H3/t14-/m1/s1. The molecule has 1 atom stereocenters. The summed E-state index contributed by atoms with van der Waals surface area (Å²) in [6.07, 6.45) is -0.317. The Kier molecular flexibility index (Phi) is 6.98. The first-order chi connectivity index (χ1) is 13.3. The molecule has 0 unspecified atom stereocenters. The molecular weight excluding hydrogens is 362 g/mol. The van der Waals surface area contributed by atoms with Gasteiger partial charge in [-0.25, -0.2) is 4.79 Å². The number of aromatic nitrogens is 1. The van der Waals surface area contributed by atoms with Gasteiger partial charge in [0, 0.05) is 12.1 Å². The van der Waals surface area contributed by atoms with Gasteiger partial charge >= 0.3 is 11.9 Å². The molecule has 0 saturated heterocycles. The third kappa shape index (κ3) is 4.79. The van der Waals surface area contributed by atoms with Crippen LogP contribution in [-0.4, -0.2) is 43.0 Å². The molecule has 0 fully saturated rings. The van der Waals surface area contributed by atoms with Crippen molar-refractivity contribution in [3.05, 3.63) is 52.3 Å². The Labute approximate surface area is 164 Å². The zero-order valence-electron chi connectivity index (χ0n) is 16.8. The summed E-state index contributed by atoms with van der Waals surface area (Å²) in [4.78, 5) is 39.5. The van der Waals surface area contributed by atoms with Crippen LogP contribution in [0.15, 0.2) is 24.3 Å². The van der Waals surface area contributed by atoms with Crippen LogP contribution in [-0.2, 0) is 20.7 Å². The van der Waals surface area contributed by atoms with E-state index in [0.717, 1.165) is 11.3 Å². The number of carbonyl (C=O) groups excluding carboxylic acids is 3. The van der Waals surface area contributed by atoms with Gasteiger partial charge < -0.3 is 19.2 Å². The molecule has 2 rings (SSSR count). The molecule has 7 heteroatoms. The topological polar surface area (TPSA) is 94.7 Å². The minimum atomic E-state index is -0.967. The molecule has 0 aliphatic rings. The van der Waals surface area contributed by atoms with Gasteiger partial charge in [-0.2, -0.15) is 0 Å². The van der Waals surface area contributed by atoms with Crippen LogP contribution in [0.4, 0.5) is 0 Å². The van der Waals surface area contributed by atoms with Crippen LogP contribution in [0.2, 0.25) is 0 Å². The number of aryl methyl sites for hydroxylation is 2. The number of benzene rings is 1. The van der Waals surface area contributed by atoms with Crippen molar-refractivity contribution in [2.75, 3.05) is 14.2 Å². The minimum Gasteiger partial charge on any atom is -0.497 e. The van der Waals surface area contributed by atoms with Gasteiger partial charge in [-0.05, 0) is 50.5 Å². The fourth-order valence-corrected chi connectivity index (χ4v) is 2.96. The summed E-state index contributed by atoms with van der Waals surface area (Å²) in [5.41, 5.74) is 2.55. The van der Waals surface area contributed by atoms with Gasteiger partial charge in [0.2, 0.25) is 5.78 Å². The number of hydrogen-bond acceptors (Lipinski definition) is 6. The van der Waals surface area contributed by atoms with Gasteiger partial charge in [0.15, 0.2) is 6.10 Å². The Bertz CT molecular complexity index is 866. The van der Waals surface area contributed by atoms with Crippen LogP contribution in [0.1, 0.15) is 51.0 Å². The summed E-state index contributed by atoms with van der Waals surface area (Å²) in [6.45, 7) is 4.85. The predicted octanol–water partition coefficient (Wildman–Crippen LogP) is 3.17. The van der Waals surface area contributed by atoms with Crippen LogP contribution < -0.4 is 4.74 Å². The first-order valence-corrected chi connectivity index (χ1v) is 8.92. The first kappa shape index (κ1) is 21.2. The number of aromatic amines is 1. The third-order valence-corrected chi connectivity index (χ3v) is 4.53. The quantitative estimate of drug-likeness (QED) is 0.552. The summed E-state index contributed by atoms with van der Waals surface area (Å²) in [6, 6.07) is 7.39. The Balaban J connectivity index is 1.98. The Morgan fingerprint density at radius 1 is 1.07 bits per heavy atom. The summed E-state index contributed by atoms with van der Waals surface area (Å²) >= 11 is 0. The number of nitrogens with one attached hydrogen (secondary N) is 1. The van der Waals surface area contributed by atoms with E-state index < -0.39 is 23.8 Å². The SMILES string of the molecule is COC(=O)c1c(C)[nH]c(C(=O)[C@@H](C)OC(=O)CCc2ccc(OC)cc2)c1C. The molecule has 1 aromatic heterocycles. The highest BCUT2D eigenvalue weighted by Gasteiger charge is 2.27. The molecule has 0 aliphatic heterocycles. The van der Waals surface area contributed by atoms with Gasteiger partial charge in [0.1, 0.15) is 5.75 Å². The van der Waals surface area contributed by atoms with E-state index in [1.165, 1.54) is 14.0 Å². The molecule has 0 amide bonds. The van der Waals surface area contributed by atoms with Crippen LogP contribution in [0, 0.1) is 13.8 Å². The van der Waals surface area contributed by atoms with E-state index in [9.17, 15) is 14.4 Å². The number of Topliss-reactive ketones (excluding diaryl/α,β-unsaturated/α-hetero) is 1. The van der Waals surface area contributed by atoms with Crippen LogP contribution >= 0.6 is 0 Å². The van der Waals surface area contributed by atoms with E-state index in [0.29, 0.717) is 23.2 Å². The maximum atomic E-state index is 12.6. The van der Waals surface area contributed by atoms with Gasteiger partial charge in [-0.3, -0.25) is 9.59 Å². The summed E-state index contributed by atoms with van der Waals surface area (Å²) in [7, 11) is 2.87. The van der Waals surface area contributed by atoms with E-state index >= 15 is 0 Å². The highest BCUT2D eigenvalue weighted by atomic mass is 16.5. The summed E-state index contributed by atoms with van der Waals surface area (Å²) < 4.78 is 15.1. The van der Waals surface area contributed by atoms with Gasteiger partial charge in [-0.1, -0.05) is 12.1 Å². The Morgan fingerprint density at radius 3 is 2.29 bits per heavy atom. The Hall–Kier alpha value is -3.09. The average Bonchev–Trinajstić information content (AvgIpc) is 2.99. The molecule has 28 heavy (non-hydrogen) atoms. The molecule has 7 nitrogen and oxygen atoms in total. The number of carbonyl (C=O) groups is 3. The molecule has 0 spiro atoms. The molecular formula is C21H25NO6. The molecule has 0 radical (unpaired) electrons. The van der Waals surface area contributed by atoms with E-state index in [4.69, 9.17) is 14.2 Å². The lowest BCUT2D eigenvalue weighted by Gasteiger charge is -2.12. The smallest absolute Gasteiger partial charge is 0.339 e. The number of methoxy groups -OCH3 is 2. The molecule has 0 saturated carbocycles. The summed E-state index contributed by atoms with van der Waals surface area (Å²) in [5, 5.41) is 0.